The number of aromatic hydroxyl groups is 1. The van der Waals surface area contributed by atoms with E-state index in [9.17, 15) is 19.8 Å². The number of phenols is 1. The van der Waals surface area contributed by atoms with E-state index in [-0.39, 0.29) is 27.8 Å². The lowest BCUT2D eigenvalue weighted by atomic mass is 10.1. The van der Waals surface area contributed by atoms with Gasteiger partial charge in [-0.1, -0.05) is 53.5 Å². The van der Waals surface area contributed by atoms with Gasteiger partial charge < -0.3 is 25.2 Å². The van der Waals surface area contributed by atoms with Crippen LogP contribution >= 0.6 is 23.2 Å². The number of benzene rings is 2. The summed E-state index contributed by atoms with van der Waals surface area (Å²) in [7, 11) is 3.95. The number of amides is 1. The van der Waals surface area contributed by atoms with E-state index in [1.807, 2.05) is 20.2 Å². The quantitative estimate of drug-likeness (QED) is 0.433. The first kappa shape index (κ1) is 24.8. The van der Waals surface area contributed by atoms with Gasteiger partial charge in [-0.15, -0.1) is 0 Å². The predicted molar refractivity (Wildman–Crippen MR) is 120 cm³/mol. The molecule has 0 radical (unpaired) electrons. The van der Waals surface area contributed by atoms with E-state index in [1.54, 1.807) is 24.3 Å². The number of rotatable bonds is 11. The van der Waals surface area contributed by atoms with E-state index in [0.717, 1.165) is 24.9 Å². The average molecular weight is 469 g/mol. The van der Waals surface area contributed by atoms with Crippen molar-refractivity contribution in [2.75, 3.05) is 27.2 Å². The smallest absolute Gasteiger partial charge is 0.326 e. The van der Waals surface area contributed by atoms with Crippen LogP contribution in [0, 0.1) is 0 Å². The second kappa shape index (κ2) is 11.8. The van der Waals surface area contributed by atoms with Crippen LogP contribution in [0.25, 0.3) is 0 Å². The maximum absolute atomic E-state index is 12.7. The lowest BCUT2D eigenvalue weighted by Gasteiger charge is -2.17. The summed E-state index contributed by atoms with van der Waals surface area (Å²) in [4.78, 5) is 26.3. The monoisotopic (exact) mass is 468 g/mol. The summed E-state index contributed by atoms with van der Waals surface area (Å²) in [5, 5.41) is 22.1. The molecule has 0 saturated heterocycles. The first-order chi connectivity index (χ1) is 14.7. The SMILES string of the molecule is CN(C)CCCCOc1c(Cl)cc(C(=O)N[C@@H](Cc2ccccc2)C(=O)O)c(O)c1Cl. The van der Waals surface area contributed by atoms with Crippen molar-refractivity contribution in [2.45, 2.75) is 25.3 Å². The van der Waals surface area contributed by atoms with E-state index < -0.39 is 23.7 Å². The summed E-state index contributed by atoms with van der Waals surface area (Å²) < 4.78 is 5.60. The highest BCUT2D eigenvalue weighted by molar-refractivity contribution is 6.39. The zero-order chi connectivity index (χ0) is 23.0. The van der Waals surface area contributed by atoms with Crippen molar-refractivity contribution in [3.8, 4) is 11.5 Å². The molecule has 0 spiro atoms. The van der Waals surface area contributed by atoms with Gasteiger partial charge >= 0.3 is 5.97 Å². The van der Waals surface area contributed by atoms with Crippen LogP contribution in [0.3, 0.4) is 0 Å². The minimum Gasteiger partial charge on any atom is -0.505 e. The van der Waals surface area contributed by atoms with Gasteiger partial charge in [0.15, 0.2) is 11.5 Å². The van der Waals surface area contributed by atoms with Crippen molar-refractivity contribution in [3.63, 3.8) is 0 Å². The molecule has 2 rings (SSSR count). The molecule has 31 heavy (non-hydrogen) atoms. The van der Waals surface area contributed by atoms with Gasteiger partial charge in [-0.2, -0.15) is 0 Å². The van der Waals surface area contributed by atoms with Crippen LogP contribution in [0.5, 0.6) is 11.5 Å². The molecule has 0 bridgehead atoms. The van der Waals surface area contributed by atoms with Crippen molar-refractivity contribution >= 4 is 35.1 Å². The Labute approximate surface area is 191 Å². The molecule has 0 fully saturated rings. The lowest BCUT2D eigenvalue weighted by Crippen LogP contribution is -2.42. The second-order valence-corrected chi connectivity index (χ2v) is 8.10. The number of carbonyl (C=O) groups is 2. The number of unbranched alkanes of at least 4 members (excludes halogenated alkanes) is 1. The van der Waals surface area contributed by atoms with Gasteiger partial charge in [-0.25, -0.2) is 4.79 Å². The zero-order valence-electron chi connectivity index (χ0n) is 17.4. The minimum atomic E-state index is -1.20. The maximum Gasteiger partial charge on any atom is 0.326 e. The normalized spacial score (nSPS) is 11.9. The van der Waals surface area contributed by atoms with Crippen molar-refractivity contribution < 1.29 is 24.5 Å². The fourth-order valence-corrected chi connectivity index (χ4v) is 3.45. The molecule has 0 aliphatic rings. The Morgan fingerprint density at radius 3 is 2.45 bits per heavy atom. The minimum absolute atomic E-state index is 0.0514. The third kappa shape index (κ3) is 7.31. The molecular weight excluding hydrogens is 443 g/mol. The molecule has 0 saturated carbocycles. The number of aliphatic carboxylic acids is 1. The van der Waals surface area contributed by atoms with E-state index in [0.29, 0.717) is 6.61 Å². The second-order valence-electron chi connectivity index (χ2n) is 7.31. The Bertz CT molecular complexity index is 907. The third-order valence-corrected chi connectivity index (χ3v) is 5.16. The maximum atomic E-state index is 12.7. The number of nitrogens with zero attached hydrogens (tertiary/aromatic N) is 1. The van der Waals surface area contributed by atoms with Crippen LogP contribution in [0.2, 0.25) is 10.0 Å². The van der Waals surface area contributed by atoms with E-state index in [2.05, 4.69) is 10.2 Å². The van der Waals surface area contributed by atoms with Crippen molar-refractivity contribution in [2.24, 2.45) is 0 Å². The van der Waals surface area contributed by atoms with Gasteiger partial charge in [0.2, 0.25) is 0 Å². The van der Waals surface area contributed by atoms with Crippen molar-refractivity contribution in [1.29, 1.82) is 0 Å². The summed E-state index contributed by atoms with van der Waals surface area (Å²) in [5.41, 5.74) is 0.516. The number of hydrogen-bond donors (Lipinski definition) is 3. The third-order valence-electron chi connectivity index (χ3n) is 4.53. The standard InChI is InChI=1S/C22H26Cl2N2O5/c1-26(2)10-6-7-11-31-20-16(23)13-15(19(27)18(20)24)21(28)25-17(22(29)30)12-14-8-4-3-5-9-14/h3-5,8-9,13,17,27H,6-7,10-12H2,1-2H3,(H,25,28)(H,29,30)/t17-/m0/s1. The highest BCUT2D eigenvalue weighted by Crippen LogP contribution is 2.42. The van der Waals surface area contributed by atoms with Crippen molar-refractivity contribution in [3.05, 3.63) is 57.6 Å². The molecule has 0 heterocycles. The van der Waals surface area contributed by atoms with Gasteiger partial charge in [0.25, 0.3) is 5.91 Å². The molecule has 1 atom stereocenters. The van der Waals surface area contributed by atoms with Gasteiger partial charge in [0.1, 0.15) is 11.1 Å². The molecular formula is C22H26Cl2N2O5. The van der Waals surface area contributed by atoms with Gasteiger partial charge in [0.05, 0.1) is 17.2 Å². The molecule has 3 N–H and O–H groups in total. The Kier molecular flexibility index (Phi) is 9.43. The number of carbonyl (C=O) groups excluding carboxylic acids is 1. The summed E-state index contributed by atoms with van der Waals surface area (Å²) >= 11 is 12.4. The predicted octanol–water partition coefficient (Wildman–Crippen LogP) is 3.85. The molecule has 0 aliphatic carbocycles. The highest BCUT2D eigenvalue weighted by atomic mass is 35.5. The molecule has 0 aliphatic heterocycles. The molecule has 0 unspecified atom stereocenters. The summed E-state index contributed by atoms with van der Waals surface area (Å²) in [6.45, 7) is 1.25. The number of carboxylic acid groups (broad SMARTS) is 1. The number of phenolic OH excluding ortho intramolecular Hbond substituents is 1. The number of hydrogen-bond acceptors (Lipinski definition) is 5. The van der Waals surface area contributed by atoms with Crippen LogP contribution in [0.1, 0.15) is 28.8 Å². The van der Waals surface area contributed by atoms with E-state index in [1.165, 1.54) is 6.07 Å². The topological polar surface area (TPSA) is 99.1 Å². The first-order valence-corrected chi connectivity index (χ1v) is 10.5. The number of carboxylic acids is 1. The van der Waals surface area contributed by atoms with Crippen LogP contribution in [-0.2, 0) is 11.2 Å². The summed E-state index contributed by atoms with van der Waals surface area (Å²) in [5.74, 6) is -2.44. The van der Waals surface area contributed by atoms with Crippen LogP contribution in [0.15, 0.2) is 36.4 Å². The largest absolute Gasteiger partial charge is 0.505 e. The number of halogens is 2. The fourth-order valence-electron chi connectivity index (χ4n) is 2.89. The Morgan fingerprint density at radius 1 is 1.16 bits per heavy atom. The zero-order valence-corrected chi connectivity index (χ0v) is 18.9. The lowest BCUT2D eigenvalue weighted by molar-refractivity contribution is -0.139. The van der Waals surface area contributed by atoms with E-state index in [4.69, 9.17) is 27.9 Å². The average Bonchev–Trinajstić information content (AvgIpc) is 2.72. The molecule has 0 aromatic heterocycles. The molecule has 168 valence electrons. The summed E-state index contributed by atoms with van der Waals surface area (Å²) in [6, 6.07) is 8.91. The molecule has 2 aromatic rings. The number of nitrogens with one attached hydrogen (secondary N) is 1. The van der Waals surface area contributed by atoms with E-state index >= 15 is 0 Å². The van der Waals surface area contributed by atoms with Crippen LogP contribution in [-0.4, -0.2) is 60.3 Å². The Balaban J connectivity index is 2.10. The first-order valence-electron chi connectivity index (χ1n) is 9.76. The fraction of sp³-hybridized carbons (Fsp3) is 0.364. The Morgan fingerprint density at radius 2 is 1.84 bits per heavy atom. The summed E-state index contributed by atoms with van der Waals surface area (Å²) in [6.07, 6.45) is 1.75. The highest BCUT2D eigenvalue weighted by Gasteiger charge is 2.26. The van der Waals surface area contributed by atoms with Gasteiger partial charge in [-0.05, 0) is 45.1 Å². The van der Waals surface area contributed by atoms with Crippen molar-refractivity contribution in [1.82, 2.24) is 10.2 Å². The Hall–Kier alpha value is -2.48. The molecule has 7 nitrogen and oxygen atoms in total. The van der Waals surface area contributed by atoms with Gasteiger partial charge in [-0.3, -0.25) is 4.79 Å². The van der Waals surface area contributed by atoms with Gasteiger partial charge in [0, 0.05) is 6.42 Å². The number of ether oxygens (including phenoxy) is 1. The molecule has 1 amide bonds. The van der Waals surface area contributed by atoms with Crippen LogP contribution in [0.4, 0.5) is 0 Å². The molecule has 2 aromatic carbocycles. The molecule has 9 heteroatoms. The van der Waals surface area contributed by atoms with Crippen LogP contribution < -0.4 is 10.1 Å².